The van der Waals surface area contributed by atoms with Crippen LogP contribution in [0.2, 0.25) is 0 Å². The third-order valence-corrected chi connectivity index (χ3v) is 4.69. The van der Waals surface area contributed by atoms with E-state index in [1.165, 1.54) is 0 Å². The number of rotatable bonds is 6. The second kappa shape index (κ2) is 8.65. The van der Waals surface area contributed by atoms with Gasteiger partial charge in [0.25, 0.3) is 0 Å². The maximum Gasteiger partial charge on any atom is 0.354 e. The van der Waals surface area contributed by atoms with Crippen molar-refractivity contribution in [2.24, 2.45) is 11.0 Å². The van der Waals surface area contributed by atoms with Crippen molar-refractivity contribution in [2.75, 3.05) is 18.2 Å². The first-order valence-electron chi connectivity index (χ1n) is 9.20. The molecule has 6 nitrogen and oxygen atoms in total. The summed E-state index contributed by atoms with van der Waals surface area (Å²) in [5.41, 5.74) is 1.07. The van der Waals surface area contributed by atoms with Crippen molar-refractivity contribution in [3.05, 3.63) is 42.5 Å². The van der Waals surface area contributed by atoms with Crippen LogP contribution in [0.25, 0.3) is 0 Å². The van der Waals surface area contributed by atoms with Gasteiger partial charge >= 0.3 is 5.97 Å². The summed E-state index contributed by atoms with van der Waals surface area (Å²) in [7, 11) is 0. The predicted molar refractivity (Wildman–Crippen MR) is 101 cm³/mol. The summed E-state index contributed by atoms with van der Waals surface area (Å²) in [4.78, 5) is 24.9. The molecule has 2 atom stereocenters. The standard InChI is InChI=1S/C20H25N3O3/c1-2-26-20(25)17-13-18(23(22-17)16-11-7-4-8-12-16)19(24)21-14-15-9-5-3-6-10-15/h3-5,7-8,11-12,15,18H,2,6,9-10,13-14H2,1H3,(H,21,24)/t15-,18+/m0/s1. The Balaban J connectivity index is 1.70. The lowest BCUT2D eigenvalue weighted by atomic mass is 9.94. The zero-order valence-electron chi connectivity index (χ0n) is 15.1. The summed E-state index contributed by atoms with van der Waals surface area (Å²) in [5, 5.41) is 9.05. The molecule has 0 aromatic heterocycles. The molecule has 138 valence electrons. The van der Waals surface area contributed by atoms with Crippen LogP contribution in [0.4, 0.5) is 5.69 Å². The number of para-hydroxylation sites is 1. The average Bonchev–Trinajstić information content (AvgIpc) is 3.13. The number of anilines is 1. The Morgan fingerprint density at radius 3 is 2.77 bits per heavy atom. The molecule has 0 saturated heterocycles. The van der Waals surface area contributed by atoms with Gasteiger partial charge in [0.2, 0.25) is 5.91 Å². The van der Waals surface area contributed by atoms with Crippen molar-refractivity contribution in [3.63, 3.8) is 0 Å². The van der Waals surface area contributed by atoms with Crippen LogP contribution in [-0.4, -0.2) is 36.8 Å². The monoisotopic (exact) mass is 355 g/mol. The Labute approximate surface area is 153 Å². The van der Waals surface area contributed by atoms with Crippen LogP contribution in [0.3, 0.4) is 0 Å². The molecule has 0 spiro atoms. The van der Waals surface area contributed by atoms with E-state index in [0.717, 1.165) is 24.9 Å². The van der Waals surface area contributed by atoms with E-state index >= 15 is 0 Å². The Hall–Kier alpha value is -2.63. The Bertz CT molecular complexity index is 700. The molecular formula is C20H25N3O3. The van der Waals surface area contributed by atoms with E-state index in [-0.39, 0.29) is 24.6 Å². The second-order valence-corrected chi connectivity index (χ2v) is 6.56. The number of allylic oxidation sites excluding steroid dienone is 2. The van der Waals surface area contributed by atoms with Gasteiger partial charge in [0.1, 0.15) is 11.8 Å². The van der Waals surface area contributed by atoms with Crippen LogP contribution in [0.1, 0.15) is 32.6 Å². The molecule has 6 heteroatoms. The van der Waals surface area contributed by atoms with Gasteiger partial charge in [-0.05, 0) is 44.2 Å². The zero-order chi connectivity index (χ0) is 18.4. The van der Waals surface area contributed by atoms with Crippen molar-refractivity contribution < 1.29 is 14.3 Å². The normalized spacial score (nSPS) is 22.0. The Morgan fingerprint density at radius 2 is 2.08 bits per heavy atom. The third-order valence-electron chi connectivity index (χ3n) is 4.69. The number of benzene rings is 1. The van der Waals surface area contributed by atoms with Gasteiger partial charge in [-0.1, -0.05) is 30.4 Å². The van der Waals surface area contributed by atoms with Gasteiger partial charge in [0, 0.05) is 13.0 Å². The molecule has 2 aliphatic rings. The van der Waals surface area contributed by atoms with E-state index in [4.69, 9.17) is 4.74 Å². The quantitative estimate of drug-likeness (QED) is 0.629. The minimum absolute atomic E-state index is 0.105. The van der Waals surface area contributed by atoms with Crippen LogP contribution < -0.4 is 10.3 Å². The fourth-order valence-corrected chi connectivity index (χ4v) is 3.28. The highest BCUT2D eigenvalue weighted by Crippen LogP contribution is 2.25. The SMILES string of the molecule is CCOC(=O)C1=NN(c2ccccc2)[C@@H](C(=O)NC[C@H]2CC=CCC2)C1. The molecule has 1 amide bonds. The van der Waals surface area contributed by atoms with Crippen LogP contribution >= 0.6 is 0 Å². The van der Waals surface area contributed by atoms with Crippen molar-refractivity contribution >= 4 is 23.3 Å². The summed E-state index contributed by atoms with van der Waals surface area (Å²) in [5.74, 6) is -0.0893. The van der Waals surface area contributed by atoms with Crippen molar-refractivity contribution in [3.8, 4) is 0 Å². The van der Waals surface area contributed by atoms with Gasteiger partial charge in [0.05, 0.1) is 12.3 Å². The van der Waals surface area contributed by atoms with Gasteiger partial charge in [0.15, 0.2) is 0 Å². The molecule has 0 fully saturated rings. The fourth-order valence-electron chi connectivity index (χ4n) is 3.28. The number of carbonyl (C=O) groups is 2. The van der Waals surface area contributed by atoms with Crippen molar-refractivity contribution in [1.82, 2.24) is 5.32 Å². The maximum absolute atomic E-state index is 12.8. The van der Waals surface area contributed by atoms with Crippen molar-refractivity contribution in [2.45, 2.75) is 38.6 Å². The molecule has 0 radical (unpaired) electrons. The molecule has 0 saturated carbocycles. The lowest BCUT2D eigenvalue weighted by molar-refractivity contribution is -0.135. The number of hydrogen-bond acceptors (Lipinski definition) is 5. The smallest absolute Gasteiger partial charge is 0.354 e. The fraction of sp³-hybridized carbons (Fsp3) is 0.450. The van der Waals surface area contributed by atoms with E-state index in [2.05, 4.69) is 22.6 Å². The van der Waals surface area contributed by atoms with Crippen LogP contribution in [-0.2, 0) is 14.3 Å². The second-order valence-electron chi connectivity index (χ2n) is 6.56. The van der Waals surface area contributed by atoms with Crippen LogP contribution in [0.5, 0.6) is 0 Å². The molecule has 0 bridgehead atoms. The van der Waals surface area contributed by atoms with Gasteiger partial charge in [-0.2, -0.15) is 5.10 Å². The molecule has 1 heterocycles. The topological polar surface area (TPSA) is 71.0 Å². The summed E-state index contributed by atoms with van der Waals surface area (Å²) < 4.78 is 5.06. The van der Waals surface area contributed by atoms with Crippen LogP contribution in [0, 0.1) is 5.92 Å². The zero-order valence-corrected chi connectivity index (χ0v) is 15.1. The lowest BCUT2D eigenvalue weighted by Crippen LogP contribution is -2.44. The predicted octanol–water partition coefficient (Wildman–Crippen LogP) is 2.66. The highest BCUT2D eigenvalue weighted by molar-refractivity contribution is 6.38. The van der Waals surface area contributed by atoms with Gasteiger partial charge in [-0.15, -0.1) is 0 Å². The highest BCUT2D eigenvalue weighted by atomic mass is 16.5. The van der Waals surface area contributed by atoms with Gasteiger partial charge in [-0.25, -0.2) is 4.79 Å². The molecule has 26 heavy (non-hydrogen) atoms. The van der Waals surface area contributed by atoms with Crippen LogP contribution in [0.15, 0.2) is 47.6 Å². The molecule has 1 aromatic carbocycles. The number of amides is 1. The molecule has 1 N–H and O–H groups in total. The number of nitrogens with one attached hydrogen (secondary N) is 1. The van der Waals surface area contributed by atoms with Gasteiger partial charge in [-0.3, -0.25) is 9.80 Å². The number of ether oxygens (including phenoxy) is 1. The summed E-state index contributed by atoms with van der Waals surface area (Å²) >= 11 is 0. The lowest BCUT2D eigenvalue weighted by Gasteiger charge is -2.24. The molecule has 3 rings (SSSR count). The molecular weight excluding hydrogens is 330 g/mol. The minimum Gasteiger partial charge on any atom is -0.461 e. The van der Waals surface area contributed by atoms with E-state index in [9.17, 15) is 9.59 Å². The molecule has 1 aliphatic carbocycles. The minimum atomic E-state index is -0.532. The third kappa shape index (κ3) is 4.31. The van der Waals surface area contributed by atoms with E-state index in [1.807, 2.05) is 30.3 Å². The number of carbonyl (C=O) groups excluding carboxylic acids is 2. The number of esters is 1. The average molecular weight is 355 g/mol. The van der Waals surface area contributed by atoms with E-state index in [0.29, 0.717) is 12.5 Å². The first-order valence-corrected chi connectivity index (χ1v) is 9.20. The molecule has 1 aromatic rings. The summed E-state index contributed by atoms with van der Waals surface area (Å²) in [6.45, 7) is 2.69. The number of hydrazone groups is 1. The maximum atomic E-state index is 12.8. The van der Waals surface area contributed by atoms with E-state index < -0.39 is 12.0 Å². The summed E-state index contributed by atoms with van der Waals surface area (Å²) in [6.07, 6.45) is 7.77. The number of hydrogen-bond donors (Lipinski definition) is 1. The van der Waals surface area contributed by atoms with E-state index in [1.54, 1.807) is 11.9 Å². The molecule has 1 aliphatic heterocycles. The Kier molecular flexibility index (Phi) is 6.04. The largest absolute Gasteiger partial charge is 0.461 e. The first-order chi connectivity index (χ1) is 12.7. The van der Waals surface area contributed by atoms with Gasteiger partial charge < -0.3 is 10.1 Å². The molecule has 0 unspecified atom stereocenters. The number of nitrogens with zero attached hydrogens (tertiary/aromatic N) is 2. The van der Waals surface area contributed by atoms with Crippen molar-refractivity contribution in [1.29, 1.82) is 0 Å². The Morgan fingerprint density at radius 1 is 1.27 bits per heavy atom. The highest BCUT2D eigenvalue weighted by Gasteiger charge is 2.36. The first kappa shape index (κ1) is 18.2. The summed E-state index contributed by atoms with van der Waals surface area (Å²) in [6, 6.07) is 8.90.